The number of nitrogens with one attached hydrogen (secondary N) is 1. The minimum Gasteiger partial charge on any atom is -0.489 e. The van der Waals surface area contributed by atoms with Crippen LogP contribution >= 0.6 is 0 Å². The third-order valence-corrected chi connectivity index (χ3v) is 5.88. The number of nitrogens with zero attached hydrogens (tertiary/aromatic N) is 3. The Hall–Kier alpha value is -3.02. The first-order chi connectivity index (χ1) is 14.3. The van der Waals surface area contributed by atoms with Gasteiger partial charge in [-0.05, 0) is 48.4 Å². The molecular formula is C24H25N4O+. The van der Waals surface area contributed by atoms with Crippen LogP contribution in [0.4, 0.5) is 0 Å². The van der Waals surface area contributed by atoms with E-state index in [0.29, 0.717) is 23.2 Å². The molecule has 1 saturated carbocycles. The highest BCUT2D eigenvalue weighted by molar-refractivity contribution is 5.81. The van der Waals surface area contributed by atoms with Gasteiger partial charge in [0.15, 0.2) is 5.70 Å². The molecule has 1 fully saturated rings. The van der Waals surface area contributed by atoms with E-state index < -0.39 is 0 Å². The van der Waals surface area contributed by atoms with E-state index in [2.05, 4.69) is 45.7 Å². The molecular weight excluding hydrogens is 360 g/mol. The van der Waals surface area contributed by atoms with Gasteiger partial charge in [0.1, 0.15) is 18.6 Å². The summed E-state index contributed by atoms with van der Waals surface area (Å²) >= 11 is 0. The summed E-state index contributed by atoms with van der Waals surface area (Å²) in [4.78, 5) is 8.57. The van der Waals surface area contributed by atoms with Crippen LogP contribution in [0.2, 0.25) is 0 Å². The minimum atomic E-state index is 0.429. The smallest absolute Gasteiger partial charge is 0.219 e. The van der Waals surface area contributed by atoms with Gasteiger partial charge in [-0.1, -0.05) is 42.5 Å². The van der Waals surface area contributed by atoms with Crippen molar-refractivity contribution in [1.82, 2.24) is 5.43 Å². The first kappa shape index (κ1) is 18.0. The molecule has 2 aromatic carbocycles. The lowest BCUT2D eigenvalue weighted by atomic mass is 9.97. The average Bonchev–Trinajstić information content (AvgIpc) is 3.40. The summed E-state index contributed by atoms with van der Waals surface area (Å²) in [5.74, 6) is 1.48. The molecule has 5 nitrogen and oxygen atoms in total. The molecule has 0 bridgehead atoms. The number of allylic oxidation sites excluding steroid dienone is 1. The molecule has 3 atom stereocenters. The minimum absolute atomic E-state index is 0.429. The van der Waals surface area contributed by atoms with Crippen LogP contribution in [0.3, 0.4) is 0 Å². The highest BCUT2D eigenvalue weighted by Gasteiger charge is 2.39. The summed E-state index contributed by atoms with van der Waals surface area (Å²) < 4.78 is 6.50. The van der Waals surface area contributed by atoms with E-state index in [-0.39, 0.29) is 0 Å². The highest BCUT2D eigenvalue weighted by Crippen LogP contribution is 2.37. The zero-order valence-electron chi connectivity index (χ0n) is 16.3. The van der Waals surface area contributed by atoms with E-state index in [4.69, 9.17) is 4.74 Å². The number of hydrogen-bond donors (Lipinski definition) is 1. The van der Waals surface area contributed by atoms with Crippen molar-refractivity contribution in [3.8, 4) is 5.75 Å². The largest absolute Gasteiger partial charge is 0.489 e. The maximum Gasteiger partial charge on any atom is 0.219 e. The SMILES string of the molecule is C1=C[N+]2(NC3CCC(c4cccc(OCc5ccccc5)c4)C3)C=NC=C2C=N1. The Labute approximate surface area is 171 Å². The predicted octanol–water partition coefficient (Wildman–Crippen LogP) is 4.66. The summed E-state index contributed by atoms with van der Waals surface area (Å²) in [5, 5.41) is 0. The van der Waals surface area contributed by atoms with Crippen LogP contribution in [0.15, 0.2) is 88.9 Å². The summed E-state index contributed by atoms with van der Waals surface area (Å²) in [6.07, 6.45) is 13.0. The van der Waals surface area contributed by atoms with Crippen molar-refractivity contribution < 1.29 is 9.33 Å². The Bertz CT molecular complexity index is 995. The Kier molecular flexibility index (Phi) is 4.84. The van der Waals surface area contributed by atoms with Gasteiger partial charge in [0, 0.05) is 0 Å². The predicted molar refractivity (Wildman–Crippen MR) is 115 cm³/mol. The second-order valence-corrected chi connectivity index (χ2v) is 7.85. The summed E-state index contributed by atoms with van der Waals surface area (Å²) in [7, 11) is 0. The molecule has 0 spiro atoms. The molecule has 2 aliphatic heterocycles. The van der Waals surface area contributed by atoms with E-state index >= 15 is 0 Å². The molecule has 0 saturated heterocycles. The molecule has 0 aromatic heterocycles. The summed E-state index contributed by atoms with van der Waals surface area (Å²) in [6, 6.07) is 19.3. The lowest BCUT2D eigenvalue weighted by Gasteiger charge is -2.30. The molecule has 0 radical (unpaired) electrons. The summed E-state index contributed by atoms with van der Waals surface area (Å²) in [5.41, 5.74) is 7.38. The van der Waals surface area contributed by atoms with E-state index in [0.717, 1.165) is 24.3 Å². The molecule has 2 heterocycles. The van der Waals surface area contributed by atoms with Crippen LogP contribution in [0.25, 0.3) is 0 Å². The number of rotatable bonds is 6. The Balaban J connectivity index is 1.23. The zero-order chi connectivity index (χ0) is 19.5. The lowest BCUT2D eigenvalue weighted by molar-refractivity contribution is -0.787. The van der Waals surface area contributed by atoms with Gasteiger partial charge in [-0.3, -0.25) is 4.99 Å². The number of quaternary nitrogens is 1. The van der Waals surface area contributed by atoms with Crippen molar-refractivity contribution in [1.29, 1.82) is 0 Å². The van der Waals surface area contributed by atoms with Crippen molar-refractivity contribution in [2.45, 2.75) is 37.8 Å². The van der Waals surface area contributed by atoms with Gasteiger partial charge in [-0.25, -0.2) is 4.99 Å². The van der Waals surface area contributed by atoms with Crippen LogP contribution in [0, 0.1) is 0 Å². The average molecular weight is 385 g/mol. The second kappa shape index (κ2) is 7.78. The van der Waals surface area contributed by atoms with Gasteiger partial charge >= 0.3 is 0 Å². The fourth-order valence-electron chi connectivity index (χ4n) is 4.35. The monoisotopic (exact) mass is 385 g/mol. The normalized spacial score (nSPS) is 27.1. The fraction of sp³-hybridized carbons (Fsp3) is 0.250. The molecule has 2 aromatic rings. The topological polar surface area (TPSA) is 46.0 Å². The van der Waals surface area contributed by atoms with Crippen LogP contribution < -0.4 is 10.2 Å². The first-order valence-electron chi connectivity index (χ1n) is 10.2. The number of ether oxygens (including phenoxy) is 1. The van der Waals surface area contributed by atoms with Crippen molar-refractivity contribution in [2.75, 3.05) is 0 Å². The third-order valence-electron chi connectivity index (χ3n) is 5.88. The maximum absolute atomic E-state index is 6.03. The van der Waals surface area contributed by atoms with Gasteiger partial charge in [-0.15, -0.1) is 10.0 Å². The Morgan fingerprint density at radius 3 is 2.90 bits per heavy atom. The molecule has 5 rings (SSSR count). The first-order valence-corrected chi connectivity index (χ1v) is 10.2. The molecule has 3 unspecified atom stereocenters. The molecule has 5 heteroatoms. The molecule has 1 aliphatic carbocycles. The van der Waals surface area contributed by atoms with Gasteiger partial charge in [0.25, 0.3) is 0 Å². The molecule has 0 amide bonds. The van der Waals surface area contributed by atoms with E-state index in [1.807, 2.05) is 55.4 Å². The fourth-order valence-corrected chi connectivity index (χ4v) is 4.35. The molecule has 146 valence electrons. The van der Waals surface area contributed by atoms with Gasteiger partial charge in [0.2, 0.25) is 6.34 Å². The Morgan fingerprint density at radius 2 is 1.97 bits per heavy atom. The summed E-state index contributed by atoms with van der Waals surface area (Å²) in [6.45, 7) is 0.599. The molecule has 1 N–H and O–H groups in total. The van der Waals surface area contributed by atoms with Gasteiger partial charge in [0.05, 0.1) is 24.7 Å². The van der Waals surface area contributed by atoms with Crippen molar-refractivity contribution in [2.24, 2.45) is 9.98 Å². The van der Waals surface area contributed by atoms with E-state index in [1.54, 1.807) is 0 Å². The van der Waals surface area contributed by atoms with Crippen molar-refractivity contribution in [3.05, 3.63) is 90.0 Å². The van der Waals surface area contributed by atoms with Crippen molar-refractivity contribution >= 4 is 12.6 Å². The molecule has 29 heavy (non-hydrogen) atoms. The number of aliphatic imine (C=N–C) groups is 2. The Morgan fingerprint density at radius 1 is 1.03 bits per heavy atom. The number of fused-ring (bicyclic) bond motifs is 1. The van der Waals surface area contributed by atoms with Crippen LogP contribution in [0.5, 0.6) is 5.75 Å². The number of benzene rings is 2. The van der Waals surface area contributed by atoms with E-state index in [9.17, 15) is 0 Å². The molecule has 3 aliphatic rings. The maximum atomic E-state index is 6.03. The van der Waals surface area contributed by atoms with Gasteiger partial charge < -0.3 is 4.74 Å². The van der Waals surface area contributed by atoms with Crippen molar-refractivity contribution in [3.63, 3.8) is 0 Å². The lowest BCUT2D eigenvalue weighted by Crippen LogP contribution is -2.55. The highest BCUT2D eigenvalue weighted by atomic mass is 16.5. The number of hydrogen-bond acceptors (Lipinski definition) is 4. The van der Waals surface area contributed by atoms with Gasteiger partial charge in [-0.2, -0.15) is 0 Å². The zero-order valence-corrected chi connectivity index (χ0v) is 16.3. The van der Waals surface area contributed by atoms with Crippen LogP contribution in [-0.2, 0) is 6.61 Å². The quantitative estimate of drug-likeness (QED) is 0.735. The third kappa shape index (κ3) is 3.79. The second-order valence-electron chi connectivity index (χ2n) is 7.85. The van der Waals surface area contributed by atoms with Crippen LogP contribution in [0.1, 0.15) is 36.3 Å². The standard InChI is InChI=1S/C24H25N4O/c1-2-5-19(6-3-1)17-29-24-8-4-7-20(14-24)21-9-10-22(13-21)27-28-12-11-25-15-23(28)16-26-18-28/h1-8,11-12,14-16,18,21-22,27H,9-10,13,17H2/q+1. The van der Waals surface area contributed by atoms with E-state index in [1.165, 1.54) is 17.5 Å². The van der Waals surface area contributed by atoms with Crippen LogP contribution in [-0.4, -0.2) is 23.2 Å².